The Bertz CT molecular complexity index is 384. The fraction of sp³-hybridized carbons (Fsp3) is 0.200. The Kier molecular flexibility index (Phi) is 2.29. The van der Waals surface area contributed by atoms with E-state index in [1.807, 2.05) is 19.2 Å². The van der Waals surface area contributed by atoms with Crippen LogP contribution in [0.25, 0.3) is 0 Å². The van der Waals surface area contributed by atoms with Gasteiger partial charge in [-0.05, 0) is 24.3 Å². The molecule has 0 unspecified atom stereocenters. The largest absolute Gasteiger partial charge is 0.388 e. The Morgan fingerprint density at radius 3 is 2.40 bits per heavy atom. The Labute approximate surface area is 87.1 Å². The summed E-state index contributed by atoms with van der Waals surface area (Å²) in [6, 6.07) is 6.73. The second kappa shape index (κ2) is 3.61. The smallest absolute Gasteiger partial charge is 0.329 e. The monoisotopic (exact) mass is 205 g/mol. The fourth-order valence-corrected chi connectivity index (χ4v) is 1.46. The molecule has 0 aliphatic carbocycles. The van der Waals surface area contributed by atoms with E-state index in [0.717, 1.165) is 10.6 Å². The first-order valence-electron chi connectivity index (χ1n) is 4.61. The average molecular weight is 205 g/mol. The van der Waals surface area contributed by atoms with Gasteiger partial charge < -0.3 is 10.6 Å². The van der Waals surface area contributed by atoms with Gasteiger partial charge in [-0.25, -0.2) is 9.69 Å². The first-order valence-corrected chi connectivity index (χ1v) is 4.61. The van der Waals surface area contributed by atoms with E-state index in [2.05, 4.69) is 10.6 Å². The number of hydrogen-bond acceptors (Lipinski definition) is 3. The predicted octanol–water partition coefficient (Wildman–Crippen LogP) is 0.785. The van der Waals surface area contributed by atoms with E-state index in [0.29, 0.717) is 5.69 Å². The van der Waals surface area contributed by atoms with Crippen molar-refractivity contribution in [3.63, 3.8) is 0 Å². The summed E-state index contributed by atoms with van der Waals surface area (Å²) in [6.07, 6.45) is 0. The number of nitrogens with zero attached hydrogens (tertiary/aromatic N) is 1. The topological polar surface area (TPSA) is 61.4 Å². The van der Waals surface area contributed by atoms with Gasteiger partial charge in [0, 0.05) is 12.7 Å². The van der Waals surface area contributed by atoms with Crippen LogP contribution < -0.4 is 15.5 Å². The minimum Gasteiger partial charge on any atom is -0.388 e. The molecule has 1 aliphatic heterocycles. The van der Waals surface area contributed by atoms with Crippen LogP contribution in [0.4, 0.5) is 16.2 Å². The summed E-state index contributed by atoms with van der Waals surface area (Å²) in [5.74, 6) is -0.225. The third-order valence-corrected chi connectivity index (χ3v) is 2.26. The molecule has 1 fully saturated rings. The summed E-state index contributed by atoms with van der Waals surface area (Å²) >= 11 is 0. The summed E-state index contributed by atoms with van der Waals surface area (Å²) in [4.78, 5) is 23.8. The van der Waals surface area contributed by atoms with Crippen LogP contribution >= 0.6 is 0 Å². The van der Waals surface area contributed by atoms with Gasteiger partial charge in [-0.15, -0.1) is 0 Å². The predicted molar refractivity (Wildman–Crippen MR) is 56.9 cm³/mol. The third kappa shape index (κ3) is 1.63. The van der Waals surface area contributed by atoms with Gasteiger partial charge >= 0.3 is 6.03 Å². The lowest BCUT2D eigenvalue weighted by Gasteiger charge is -2.12. The van der Waals surface area contributed by atoms with Crippen LogP contribution in [0.5, 0.6) is 0 Å². The number of amides is 3. The molecular weight excluding hydrogens is 194 g/mol. The fourth-order valence-electron chi connectivity index (χ4n) is 1.46. The zero-order valence-electron chi connectivity index (χ0n) is 8.28. The molecule has 0 radical (unpaired) electrons. The van der Waals surface area contributed by atoms with Crippen LogP contribution in [-0.2, 0) is 4.79 Å². The first kappa shape index (κ1) is 9.51. The van der Waals surface area contributed by atoms with E-state index < -0.39 is 0 Å². The highest BCUT2D eigenvalue weighted by Gasteiger charge is 2.29. The molecule has 15 heavy (non-hydrogen) atoms. The minimum absolute atomic E-state index is 0.0760. The molecule has 2 N–H and O–H groups in total. The summed E-state index contributed by atoms with van der Waals surface area (Å²) in [6.45, 7) is 0.0760. The van der Waals surface area contributed by atoms with Crippen molar-refractivity contribution < 1.29 is 9.59 Å². The molecule has 0 spiro atoms. The molecule has 0 saturated carbocycles. The van der Waals surface area contributed by atoms with Crippen molar-refractivity contribution in [2.24, 2.45) is 0 Å². The Balaban J connectivity index is 2.29. The highest BCUT2D eigenvalue weighted by atomic mass is 16.2. The number of imide groups is 1. The van der Waals surface area contributed by atoms with Crippen molar-refractivity contribution in [2.75, 3.05) is 23.8 Å². The van der Waals surface area contributed by atoms with Crippen LogP contribution in [-0.4, -0.2) is 25.5 Å². The number of carbonyl (C=O) groups excluding carboxylic acids is 2. The number of urea groups is 1. The summed E-state index contributed by atoms with van der Waals surface area (Å²) < 4.78 is 0. The second-order valence-corrected chi connectivity index (χ2v) is 3.18. The van der Waals surface area contributed by atoms with Crippen molar-refractivity contribution in [1.82, 2.24) is 5.32 Å². The number of carbonyl (C=O) groups is 2. The van der Waals surface area contributed by atoms with E-state index >= 15 is 0 Å². The Hall–Kier alpha value is -2.04. The van der Waals surface area contributed by atoms with Gasteiger partial charge in [0.15, 0.2) is 0 Å². The molecule has 3 amide bonds. The summed E-state index contributed by atoms with van der Waals surface area (Å²) in [5.41, 5.74) is 1.53. The number of nitrogens with one attached hydrogen (secondary N) is 2. The molecule has 1 aromatic carbocycles. The van der Waals surface area contributed by atoms with E-state index in [1.54, 1.807) is 12.1 Å². The van der Waals surface area contributed by atoms with Crippen LogP contribution in [0.1, 0.15) is 0 Å². The van der Waals surface area contributed by atoms with Crippen LogP contribution in [0.15, 0.2) is 24.3 Å². The summed E-state index contributed by atoms with van der Waals surface area (Å²) in [5, 5.41) is 5.43. The maximum Gasteiger partial charge on any atom is 0.329 e. The van der Waals surface area contributed by atoms with Crippen LogP contribution in [0.3, 0.4) is 0 Å². The van der Waals surface area contributed by atoms with E-state index in [9.17, 15) is 9.59 Å². The lowest BCUT2D eigenvalue weighted by Crippen LogP contribution is -2.30. The highest BCUT2D eigenvalue weighted by molar-refractivity contribution is 6.19. The highest BCUT2D eigenvalue weighted by Crippen LogP contribution is 2.19. The van der Waals surface area contributed by atoms with Crippen molar-refractivity contribution in [3.05, 3.63) is 24.3 Å². The van der Waals surface area contributed by atoms with Gasteiger partial charge in [-0.1, -0.05) is 0 Å². The van der Waals surface area contributed by atoms with Gasteiger partial charge in [0.05, 0.1) is 12.2 Å². The molecule has 2 rings (SSSR count). The molecular formula is C10H11N3O2. The maximum absolute atomic E-state index is 11.4. The molecule has 1 aromatic rings. The SMILES string of the molecule is CNc1ccc(N2C(=O)CNC2=O)cc1. The number of rotatable bonds is 2. The van der Waals surface area contributed by atoms with E-state index in [1.165, 1.54) is 0 Å². The molecule has 0 aromatic heterocycles. The number of hydrogen-bond donors (Lipinski definition) is 2. The molecule has 0 bridgehead atoms. The van der Waals surface area contributed by atoms with Crippen molar-refractivity contribution >= 4 is 23.3 Å². The average Bonchev–Trinajstić information content (AvgIpc) is 2.59. The minimum atomic E-state index is -0.364. The van der Waals surface area contributed by atoms with Crippen molar-refractivity contribution in [3.8, 4) is 0 Å². The summed E-state index contributed by atoms with van der Waals surface area (Å²) in [7, 11) is 1.81. The molecule has 5 heteroatoms. The normalized spacial score (nSPS) is 15.4. The lowest BCUT2D eigenvalue weighted by molar-refractivity contribution is -0.115. The molecule has 78 valence electrons. The van der Waals surface area contributed by atoms with Crippen molar-refractivity contribution in [2.45, 2.75) is 0 Å². The van der Waals surface area contributed by atoms with E-state index in [4.69, 9.17) is 0 Å². The molecule has 1 saturated heterocycles. The zero-order valence-corrected chi connectivity index (χ0v) is 8.28. The van der Waals surface area contributed by atoms with Crippen LogP contribution in [0, 0.1) is 0 Å². The standard InChI is InChI=1S/C10H11N3O2/c1-11-7-2-4-8(5-3-7)13-9(14)6-12-10(13)15/h2-5,11H,6H2,1H3,(H,12,15). The lowest BCUT2D eigenvalue weighted by atomic mass is 10.2. The molecule has 0 atom stereocenters. The Morgan fingerprint density at radius 2 is 1.93 bits per heavy atom. The zero-order chi connectivity index (χ0) is 10.8. The van der Waals surface area contributed by atoms with Gasteiger partial charge in [-0.2, -0.15) is 0 Å². The van der Waals surface area contributed by atoms with Gasteiger partial charge in [0.25, 0.3) is 5.91 Å². The molecule has 5 nitrogen and oxygen atoms in total. The molecule has 1 heterocycles. The second-order valence-electron chi connectivity index (χ2n) is 3.18. The third-order valence-electron chi connectivity index (χ3n) is 2.26. The number of benzene rings is 1. The molecule has 1 aliphatic rings. The maximum atomic E-state index is 11.4. The van der Waals surface area contributed by atoms with E-state index in [-0.39, 0.29) is 18.5 Å². The van der Waals surface area contributed by atoms with Crippen molar-refractivity contribution in [1.29, 1.82) is 0 Å². The van der Waals surface area contributed by atoms with Crippen LogP contribution in [0.2, 0.25) is 0 Å². The first-order chi connectivity index (χ1) is 7.22. The quantitative estimate of drug-likeness (QED) is 0.701. The van der Waals surface area contributed by atoms with Gasteiger partial charge in [-0.3, -0.25) is 4.79 Å². The number of anilines is 2. The van der Waals surface area contributed by atoms with Gasteiger partial charge in [0.2, 0.25) is 0 Å². The Morgan fingerprint density at radius 1 is 1.27 bits per heavy atom. The van der Waals surface area contributed by atoms with Gasteiger partial charge in [0.1, 0.15) is 0 Å².